The first-order valence-electron chi connectivity index (χ1n) is 5.11. The highest BCUT2D eigenvalue weighted by Gasteiger charge is 2.25. The number of hydrogen-bond donors (Lipinski definition) is 1. The standard InChI is InChI=1S/C11H13ClN2OS/c1-8-14(6-7-16-8)11(15)13-10-4-2-9(12)3-5-10/h2-5,8H,6-7H2,1H3,(H,13,15)/t8-/m0/s1. The molecule has 1 fully saturated rings. The molecule has 86 valence electrons. The van der Waals surface area contributed by atoms with Gasteiger partial charge in [-0.2, -0.15) is 0 Å². The number of benzene rings is 1. The maximum absolute atomic E-state index is 11.9. The summed E-state index contributed by atoms with van der Waals surface area (Å²) >= 11 is 7.56. The van der Waals surface area contributed by atoms with Gasteiger partial charge in [0.15, 0.2) is 0 Å². The highest BCUT2D eigenvalue weighted by molar-refractivity contribution is 8.00. The van der Waals surface area contributed by atoms with Crippen LogP contribution in [0, 0.1) is 0 Å². The van der Waals surface area contributed by atoms with Crippen molar-refractivity contribution in [3.63, 3.8) is 0 Å². The van der Waals surface area contributed by atoms with E-state index in [2.05, 4.69) is 5.32 Å². The van der Waals surface area contributed by atoms with Gasteiger partial charge in [-0.1, -0.05) is 11.6 Å². The van der Waals surface area contributed by atoms with E-state index < -0.39 is 0 Å². The smallest absolute Gasteiger partial charge is 0.312 e. The van der Waals surface area contributed by atoms with Crippen LogP contribution >= 0.6 is 23.4 Å². The molecule has 0 saturated carbocycles. The van der Waals surface area contributed by atoms with Gasteiger partial charge in [0.25, 0.3) is 0 Å². The Morgan fingerprint density at radius 3 is 2.75 bits per heavy atom. The predicted octanol–water partition coefficient (Wildman–Crippen LogP) is 3.27. The molecule has 0 unspecified atom stereocenters. The van der Waals surface area contributed by atoms with Crippen LogP contribution in [-0.4, -0.2) is 28.6 Å². The SMILES string of the molecule is C[C@@H]1SCCN1C(=O)Nc1ccc(Cl)cc1. The molecule has 0 aliphatic carbocycles. The van der Waals surface area contributed by atoms with Crippen molar-refractivity contribution < 1.29 is 4.79 Å². The summed E-state index contributed by atoms with van der Waals surface area (Å²) in [7, 11) is 0. The summed E-state index contributed by atoms with van der Waals surface area (Å²) in [6.07, 6.45) is 0. The molecule has 1 saturated heterocycles. The van der Waals surface area contributed by atoms with Gasteiger partial charge in [-0.25, -0.2) is 4.79 Å². The van der Waals surface area contributed by atoms with Crippen molar-refractivity contribution in [1.82, 2.24) is 4.90 Å². The van der Waals surface area contributed by atoms with Gasteiger partial charge < -0.3 is 10.2 Å². The third-order valence-electron chi connectivity index (χ3n) is 2.49. The van der Waals surface area contributed by atoms with E-state index >= 15 is 0 Å². The van der Waals surface area contributed by atoms with E-state index in [0.29, 0.717) is 5.02 Å². The molecule has 1 aromatic carbocycles. The lowest BCUT2D eigenvalue weighted by Crippen LogP contribution is -2.36. The second-order valence-corrected chi connectivity index (χ2v) is 5.46. The molecule has 1 aromatic rings. The fourth-order valence-electron chi connectivity index (χ4n) is 1.59. The number of urea groups is 1. The van der Waals surface area contributed by atoms with Crippen molar-refractivity contribution >= 4 is 35.1 Å². The van der Waals surface area contributed by atoms with Gasteiger partial charge in [-0.3, -0.25) is 0 Å². The summed E-state index contributed by atoms with van der Waals surface area (Å²) in [5, 5.41) is 3.78. The van der Waals surface area contributed by atoms with Gasteiger partial charge >= 0.3 is 6.03 Å². The van der Waals surface area contributed by atoms with Gasteiger partial charge in [0.05, 0.1) is 5.37 Å². The van der Waals surface area contributed by atoms with Crippen molar-refractivity contribution in [3.8, 4) is 0 Å². The van der Waals surface area contributed by atoms with E-state index in [-0.39, 0.29) is 11.4 Å². The lowest BCUT2D eigenvalue weighted by atomic mass is 10.3. The molecule has 1 N–H and O–H groups in total. The zero-order chi connectivity index (χ0) is 11.5. The molecule has 1 aliphatic heterocycles. The number of rotatable bonds is 1. The molecule has 1 heterocycles. The third-order valence-corrected chi connectivity index (χ3v) is 3.89. The lowest BCUT2D eigenvalue weighted by Gasteiger charge is -2.20. The van der Waals surface area contributed by atoms with Gasteiger partial charge in [0, 0.05) is 23.0 Å². The summed E-state index contributed by atoms with van der Waals surface area (Å²) in [6.45, 7) is 2.85. The Morgan fingerprint density at radius 2 is 2.19 bits per heavy atom. The van der Waals surface area contributed by atoms with E-state index in [4.69, 9.17) is 11.6 Å². The van der Waals surface area contributed by atoms with Crippen LogP contribution in [0.25, 0.3) is 0 Å². The minimum Gasteiger partial charge on any atom is -0.312 e. The molecule has 1 atom stereocenters. The van der Waals surface area contributed by atoms with Crippen molar-refractivity contribution in [2.75, 3.05) is 17.6 Å². The Bertz CT molecular complexity index is 382. The first-order valence-corrected chi connectivity index (χ1v) is 6.54. The third kappa shape index (κ3) is 2.62. The van der Waals surface area contributed by atoms with E-state index in [0.717, 1.165) is 18.0 Å². The fraction of sp³-hybridized carbons (Fsp3) is 0.364. The van der Waals surface area contributed by atoms with Crippen LogP contribution in [0.2, 0.25) is 5.02 Å². The van der Waals surface area contributed by atoms with E-state index in [1.54, 1.807) is 36.0 Å². The molecule has 0 radical (unpaired) electrons. The van der Waals surface area contributed by atoms with Crippen LogP contribution < -0.4 is 5.32 Å². The quantitative estimate of drug-likeness (QED) is 0.837. The summed E-state index contributed by atoms with van der Waals surface area (Å²) in [4.78, 5) is 13.7. The van der Waals surface area contributed by atoms with Gasteiger partial charge in [-0.05, 0) is 31.2 Å². The number of thioether (sulfide) groups is 1. The zero-order valence-electron chi connectivity index (χ0n) is 8.94. The van der Waals surface area contributed by atoms with Crippen LogP contribution in [0.4, 0.5) is 10.5 Å². The fourth-order valence-corrected chi connectivity index (χ4v) is 2.74. The van der Waals surface area contributed by atoms with Crippen molar-refractivity contribution in [2.24, 2.45) is 0 Å². The molecule has 5 heteroatoms. The molecule has 0 bridgehead atoms. The summed E-state index contributed by atoms with van der Waals surface area (Å²) in [6, 6.07) is 7.08. The molecule has 0 spiro atoms. The monoisotopic (exact) mass is 256 g/mol. The van der Waals surface area contributed by atoms with Crippen LogP contribution in [0.1, 0.15) is 6.92 Å². The Hall–Kier alpha value is -0.870. The average Bonchev–Trinajstić information content (AvgIpc) is 2.68. The van der Waals surface area contributed by atoms with Gasteiger partial charge in [-0.15, -0.1) is 11.8 Å². The molecule has 1 aliphatic rings. The normalized spacial score (nSPS) is 19.9. The molecule has 2 rings (SSSR count). The van der Waals surface area contributed by atoms with Gasteiger partial charge in [0.1, 0.15) is 0 Å². The first-order chi connectivity index (χ1) is 7.66. The number of amides is 2. The van der Waals surface area contributed by atoms with Crippen LogP contribution in [-0.2, 0) is 0 Å². The van der Waals surface area contributed by atoms with Crippen LogP contribution in [0.5, 0.6) is 0 Å². The maximum Gasteiger partial charge on any atom is 0.322 e. The minimum atomic E-state index is -0.0418. The van der Waals surface area contributed by atoms with Crippen LogP contribution in [0.3, 0.4) is 0 Å². The first kappa shape index (κ1) is 11.6. The number of hydrogen-bond acceptors (Lipinski definition) is 2. The van der Waals surface area contributed by atoms with Crippen molar-refractivity contribution in [2.45, 2.75) is 12.3 Å². The molecular formula is C11H13ClN2OS. The Labute approximate surface area is 104 Å². The second-order valence-electron chi connectivity index (χ2n) is 3.60. The van der Waals surface area contributed by atoms with E-state index in [1.165, 1.54) is 0 Å². The lowest BCUT2D eigenvalue weighted by molar-refractivity contribution is 0.216. The highest BCUT2D eigenvalue weighted by Crippen LogP contribution is 2.23. The molecule has 2 amide bonds. The molecular weight excluding hydrogens is 244 g/mol. The zero-order valence-corrected chi connectivity index (χ0v) is 10.5. The number of nitrogens with zero attached hydrogens (tertiary/aromatic N) is 1. The maximum atomic E-state index is 11.9. The van der Waals surface area contributed by atoms with Crippen molar-refractivity contribution in [1.29, 1.82) is 0 Å². The number of anilines is 1. The Kier molecular flexibility index (Phi) is 3.61. The highest BCUT2D eigenvalue weighted by atomic mass is 35.5. The second kappa shape index (κ2) is 4.97. The minimum absolute atomic E-state index is 0.0418. The number of nitrogens with one attached hydrogen (secondary N) is 1. The average molecular weight is 257 g/mol. The molecule has 16 heavy (non-hydrogen) atoms. The number of carbonyl (C=O) groups excluding carboxylic acids is 1. The summed E-state index contributed by atoms with van der Waals surface area (Å²) in [5.74, 6) is 1.01. The predicted molar refractivity (Wildman–Crippen MR) is 69.1 cm³/mol. The van der Waals surface area contributed by atoms with Gasteiger partial charge in [0.2, 0.25) is 0 Å². The number of carbonyl (C=O) groups is 1. The Balaban J connectivity index is 1.99. The number of halogens is 1. The summed E-state index contributed by atoms with van der Waals surface area (Å²) < 4.78 is 0. The van der Waals surface area contributed by atoms with Crippen LogP contribution in [0.15, 0.2) is 24.3 Å². The Morgan fingerprint density at radius 1 is 1.50 bits per heavy atom. The topological polar surface area (TPSA) is 32.3 Å². The van der Waals surface area contributed by atoms with E-state index in [1.807, 2.05) is 11.8 Å². The molecule has 0 aromatic heterocycles. The van der Waals surface area contributed by atoms with Crippen molar-refractivity contribution in [3.05, 3.63) is 29.3 Å². The summed E-state index contributed by atoms with van der Waals surface area (Å²) in [5.41, 5.74) is 0.776. The molecule has 3 nitrogen and oxygen atoms in total. The largest absolute Gasteiger partial charge is 0.322 e. The van der Waals surface area contributed by atoms with E-state index in [9.17, 15) is 4.79 Å².